The minimum atomic E-state index is 0.297. The van der Waals surface area contributed by atoms with Gasteiger partial charge in [-0.1, -0.05) is 24.3 Å². The molecule has 5 aromatic rings. The van der Waals surface area contributed by atoms with Crippen molar-refractivity contribution in [3.8, 4) is 17.0 Å². The number of aromatic amines is 1. The van der Waals surface area contributed by atoms with Gasteiger partial charge >= 0.3 is 0 Å². The molecular weight excluding hydrogens is 514 g/mol. The second-order valence-electron chi connectivity index (χ2n) is 11.5. The lowest BCUT2D eigenvalue weighted by molar-refractivity contribution is 0.0815. The normalized spacial score (nSPS) is 20.6. The van der Waals surface area contributed by atoms with E-state index in [2.05, 4.69) is 60.7 Å². The first kappa shape index (κ1) is 25.9. The van der Waals surface area contributed by atoms with E-state index in [1.54, 1.807) is 13.4 Å². The average Bonchev–Trinajstić information content (AvgIpc) is 3.59. The number of nitrogens with two attached hydrogens (primary N) is 1. The number of hydrogen-bond donors (Lipinski definition) is 2. The number of nitrogen functional groups attached to an aromatic ring is 1. The van der Waals surface area contributed by atoms with Gasteiger partial charge in [0.25, 0.3) is 0 Å². The van der Waals surface area contributed by atoms with Crippen LogP contribution >= 0.6 is 0 Å². The van der Waals surface area contributed by atoms with Crippen LogP contribution in [0.2, 0.25) is 0 Å². The van der Waals surface area contributed by atoms with Crippen LogP contribution in [0.4, 0.5) is 5.82 Å². The van der Waals surface area contributed by atoms with Gasteiger partial charge in [0.1, 0.15) is 29.4 Å². The van der Waals surface area contributed by atoms with Crippen LogP contribution in [0.25, 0.3) is 33.3 Å². The zero-order valence-corrected chi connectivity index (χ0v) is 23.8. The molecule has 1 saturated heterocycles. The first-order valence-electron chi connectivity index (χ1n) is 14.6. The maximum atomic E-state index is 6.45. The predicted octanol–water partition coefficient (Wildman–Crippen LogP) is 4.28. The number of H-pyrrole nitrogens is 1. The number of piperazine rings is 1. The van der Waals surface area contributed by atoms with Crippen LogP contribution in [-0.2, 0) is 6.42 Å². The van der Waals surface area contributed by atoms with Crippen molar-refractivity contribution in [2.75, 3.05) is 46.1 Å². The van der Waals surface area contributed by atoms with Crippen molar-refractivity contribution < 1.29 is 4.74 Å². The molecular formula is C31H37N9O. The van der Waals surface area contributed by atoms with Crippen LogP contribution in [-0.4, -0.2) is 85.9 Å². The molecule has 2 fully saturated rings. The Balaban J connectivity index is 1.17. The fourth-order valence-electron chi connectivity index (χ4n) is 6.63. The van der Waals surface area contributed by atoms with Gasteiger partial charge < -0.3 is 20.4 Å². The molecule has 2 aromatic carbocycles. The molecule has 2 aliphatic rings. The van der Waals surface area contributed by atoms with Crippen molar-refractivity contribution >= 4 is 27.9 Å². The molecule has 1 saturated carbocycles. The van der Waals surface area contributed by atoms with E-state index >= 15 is 0 Å². The summed E-state index contributed by atoms with van der Waals surface area (Å²) in [4.78, 5) is 22.5. The number of rotatable bonds is 6. The van der Waals surface area contributed by atoms with Crippen molar-refractivity contribution in [3.63, 3.8) is 0 Å². The second kappa shape index (κ2) is 10.8. The third-order valence-corrected chi connectivity index (χ3v) is 8.94. The smallest absolute Gasteiger partial charge is 0.164 e. The summed E-state index contributed by atoms with van der Waals surface area (Å²) >= 11 is 0. The van der Waals surface area contributed by atoms with E-state index in [1.165, 1.54) is 25.9 Å². The summed E-state index contributed by atoms with van der Waals surface area (Å²) in [6.45, 7) is 4.65. The van der Waals surface area contributed by atoms with Gasteiger partial charge in [0, 0.05) is 49.8 Å². The van der Waals surface area contributed by atoms with Crippen LogP contribution < -0.4 is 10.5 Å². The zero-order valence-electron chi connectivity index (χ0n) is 23.8. The van der Waals surface area contributed by atoms with E-state index in [4.69, 9.17) is 20.6 Å². The number of likely N-dealkylation sites (N-methyl/N-ethyl adjacent to an activating group) is 1. The quantitative estimate of drug-likeness (QED) is 0.321. The molecule has 0 unspecified atom stereocenters. The third kappa shape index (κ3) is 4.91. The molecule has 0 radical (unpaired) electrons. The molecule has 3 N–H and O–H groups in total. The molecule has 4 heterocycles. The number of aromatic nitrogens is 6. The van der Waals surface area contributed by atoms with Crippen molar-refractivity contribution in [1.29, 1.82) is 0 Å². The van der Waals surface area contributed by atoms with Gasteiger partial charge in [-0.05, 0) is 50.9 Å². The summed E-state index contributed by atoms with van der Waals surface area (Å²) < 4.78 is 7.65. The number of nitrogens with one attached hydrogen (secondary N) is 1. The summed E-state index contributed by atoms with van der Waals surface area (Å²) in [6, 6.07) is 15.2. The van der Waals surface area contributed by atoms with E-state index in [-0.39, 0.29) is 0 Å². The summed E-state index contributed by atoms with van der Waals surface area (Å²) in [5, 5.41) is 5.97. The number of benzene rings is 2. The summed E-state index contributed by atoms with van der Waals surface area (Å²) in [6.07, 6.45) is 6.74. The van der Waals surface area contributed by atoms with Crippen molar-refractivity contribution in [3.05, 3.63) is 60.2 Å². The van der Waals surface area contributed by atoms with E-state index in [0.29, 0.717) is 24.3 Å². The zero-order chi connectivity index (χ0) is 27.9. The van der Waals surface area contributed by atoms with Crippen molar-refractivity contribution in [1.82, 2.24) is 39.5 Å². The molecule has 3 aromatic heterocycles. The molecule has 0 spiro atoms. The number of nitrogens with zero attached hydrogens (tertiary/aromatic N) is 7. The largest absolute Gasteiger partial charge is 0.496 e. The highest BCUT2D eigenvalue weighted by Gasteiger charge is 2.30. The number of ether oxygens (including phenoxy) is 1. The number of hydrogen-bond acceptors (Lipinski definition) is 8. The van der Waals surface area contributed by atoms with Gasteiger partial charge in [0.05, 0.1) is 29.6 Å². The molecule has 0 atom stereocenters. The third-order valence-electron chi connectivity index (χ3n) is 8.94. The highest BCUT2D eigenvalue weighted by atomic mass is 16.5. The van der Waals surface area contributed by atoms with Crippen LogP contribution in [0.3, 0.4) is 0 Å². The standard InChI is InChI=1S/C31H37N9O/c1-38-13-15-39(16-14-38)22-8-10-23(11-9-22)40-31-28(30(32)33-19-34-31)29(37-40)21-7-12-24-25(17-21)36-27(35-24)18-20-5-3-4-6-26(20)41-2/h3-7,12,17,19,22-23H,8-11,13-16,18H2,1-2H3,(H,35,36)(H2,32,33,34)/t22-,23-. The van der Waals surface area contributed by atoms with Crippen LogP contribution in [0.15, 0.2) is 48.8 Å². The minimum absolute atomic E-state index is 0.297. The fourth-order valence-corrected chi connectivity index (χ4v) is 6.63. The van der Waals surface area contributed by atoms with Gasteiger partial charge in [-0.15, -0.1) is 0 Å². The van der Waals surface area contributed by atoms with E-state index < -0.39 is 0 Å². The number of para-hydroxylation sites is 1. The SMILES string of the molecule is COc1ccccc1Cc1nc2cc(-c3nn([C@H]4CC[C@H](N5CCN(C)CC5)CC4)c4ncnc(N)c34)ccc2[nH]1. The molecule has 0 amide bonds. The topological polar surface area (TPSA) is 114 Å². The molecule has 7 rings (SSSR count). The van der Waals surface area contributed by atoms with Crippen LogP contribution in [0, 0.1) is 0 Å². The molecule has 41 heavy (non-hydrogen) atoms. The highest BCUT2D eigenvalue weighted by Crippen LogP contribution is 2.37. The Morgan fingerprint density at radius 3 is 2.56 bits per heavy atom. The summed E-state index contributed by atoms with van der Waals surface area (Å²) in [5.41, 5.74) is 12.0. The molecule has 1 aliphatic carbocycles. The van der Waals surface area contributed by atoms with Gasteiger partial charge in [-0.3, -0.25) is 4.90 Å². The Bertz CT molecular complexity index is 1680. The number of methoxy groups -OCH3 is 1. The Morgan fingerprint density at radius 2 is 1.76 bits per heavy atom. The molecule has 10 heteroatoms. The first-order chi connectivity index (χ1) is 20.1. The highest BCUT2D eigenvalue weighted by molar-refractivity contribution is 5.99. The van der Waals surface area contributed by atoms with Crippen molar-refractivity contribution in [2.45, 2.75) is 44.2 Å². The first-order valence-corrected chi connectivity index (χ1v) is 14.6. The number of imidazole rings is 1. The average molecular weight is 552 g/mol. The van der Waals surface area contributed by atoms with Gasteiger partial charge in [-0.2, -0.15) is 5.10 Å². The molecule has 212 valence electrons. The Morgan fingerprint density at radius 1 is 0.976 bits per heavy atom. The molecule has 0 bridgehead atoms. The Labute approximate surface area is 239 Å². The summed E-state index contributed by atoms with van der Waals surface area (Å²) in [5.74, 6) is 2.21. The minimum Gasteiger partial charge on any atom is -0.496 e. The summed E-state index contributed by atoms with van der Waals surface area (Å²) in [7, 11) is 3.91. The van der Waals surface area contributed by atoms with Crippen LogP contribution in [0.1, 0.15) is 43.1 Å². The lowest BCUT2D eigenvalue weighted by atomic mass is 9.90. The molecule has 1 aliphatic heterocycles. The van der Waals surface area contributed by atoms with E-state index in [1.807, 2.05) is 18.2 Å². The molecule has 10 nitrogen and oxygen atoms in total. The fraction of sp³-hybridized carbons (Fsp3) is 0.419. The van der Waals surface area contributed by atoms with Crippen LogP contribution in [0.5, 0.6) is 5.75 Å². The van der Waals surface area contributed by atoms with Gasteiger partial charge in [0.2, 0.25) is 0 Å². The predicted molar refractivity (Wildman–Crippen MR) is 161 cm³/mol. The van der Waals surface area contributed by atoms with E-state index in [9.17, 15) is 0 Å². The lowest BCUT2D eigenvalue weighted by Gasteiger charge is -2.41. The van der Waals surface area contributed by atoms with E-state index in [0.717, 1.165) is 76.4 Å². The lowest BCUT2D eigenvalue weighted by Crippen LogP contribution is -2.49. The van der Waals surface area contributed by atoms with Crippen molar-refractivity contribution in [2.24, 2.45) is 0 Å². The Kier molecular flexibility index (Phi) is 6.80. The second-order valence-corrected chi connectivity index (χ2v) is 11.5. The number of anilines is 1. The monoisotopic (exact) mass is 551 g/mol. The Hall–Kier alpha value is -4.02. The maximum absolute atomic E-state index is 6.45. The maximum Gasteiger partial charge on any atom is 0.164 e. The van der Waals surface area contributed by atoms with Gasteiger partial charge in [-0.25, -0.2) is 19.6 Å². The van der Waals surface area contributed by atoms with Gasteiger partial charge in [0.15, 0.2) is 5.65 Å². The number of fused-ring (bicyclic) bond motifs is 2.